The molecule has 0 aliphatic carbocycles. The first-order valence-corrected chi connectivity index (χ1v) is 9.15. The zero-order chi connectivity index (χ0) is 15.8. The van der Waals surface area contributed by atoms with E-state index in [1.54, 1.807) is 0 Å². The average molecular weight is 312 g/mol. The van der Waals surface area contributed by atoms with Crippen molar-refractivity contribution in [3.63, 3.8) is 0 Å². The molecule has 2 aromatic rings. The van der Waals surface area contributed by atoms with Crippen LogP contribution in [0.3, 0.4) is 0 Å². The second-order valence-corrected chi connectivity index (χ2v) is 6.88. The fourth-order valence-electron chi connectivity index (χ4n) is 2.36. The molecule has 116 valence electrons. The summed E-state index contributed by atoms with van der Waals surface area (Å²) in [6.45, 7) is 4.25. The van der Waals surface area contributed by atoms with Gasteiger partial charge in [0.05, 0.1) is 10.8 Å². The monoisotopic (exact) mass is 312 g/mol. The fourth-order valence-corrected chi connectivity index (χ4v) is 3.41. The van der Waals surface area contributed by atoms with Crippen molar-refractivity contribution in [1.29, 1.82) is 0 Å². The molecule has 0 aliphatic heterocycles. The molecule has 0 bridgehead atoms. The van der Waals surface area contributed by atoms with Crippen LogP contribution in [0.4, 0.5) is 0 Å². The van der Waals surface area contributed by atoms with Crippen molar-refractivity contribution in [2.45, 2.75) is 44.4 Å². The van der Waals surface area contributed by atoms with Crippen LogP contribution in [0.25, 0.3) is 5.57 Å². The Hall–Kier alpha value is -1.67. The fraction of sp³-hybridized carbons (Fsp3) is 0.300. The maximum absolute atomic E-state index is 12.6. The molecule has 0 spiro atoms. The van der Waals surface area contributed by atoms with Crippen LogP contribution in [0.5, 0.6) is 0 Å². The van der Waals surface area contributed by atoms with E-state index in [9.17, 15) is 4.21 Å². The molecular formula is C20H24OS. The highest BCUT2D eigenvalue weighted by molar-refractivity contribution is 7.88. The normalized spacial score (nSPS) is 13.1. The van der Waals surface area contributed by atoms with E-state index in [0.717, 1.165) is 17.7 Å². The molecule has 1 atom stereocenters. The van der Waals surface area contributed by atoms with Crippen LogP contribution < -0.4 is 0 Å². The lowest BCUT2D eigenvalue weighted by Crippen LogP contribution is -1.92. The second kappa shape index (κ2) is 8.70. The Bertz CT molecular complexity index is 627. The van der Waals surface area contributed by atoms with Gasteiger partial charge in [0.2, 0.25) is 0 Å². The summed E-state index contributed by atoms with van der Waals surface area (Å²) in [5.41, 5.74) is 3.56. The Labute approximate surface area is 136 Å². The molecule has 2 heteroatoms. The Balaban J connectivity index is 2.23. The smallest absolute Gasteiger partial charge is 0.0778 e. The number of aryl methyl sites for hydroxylation is 1. The summed E-state index contributed by atoms with van der Waals surface area (Å²) in [5, 5.41) is 1.93. The molecule has 0 radical (unpaired) electrons. The standard InChI is InChI=1S/C20H24OS/c1-3-4-6-11-19(18-9-7-5-8-10-18)16-22(21)20-14-12-17(2)13-15-20/h5,7-10,12-16H,3-4,6,11H2,1-2H3/b19-16+. The molecular weight excluding hydrogens is 288 g/mol. The predicted molar refractivity (Wildman–Crippen MR) is 96.1 cm³/mol. The Morgan fingerprint density at radius 1 is 1.00 bits per heavy atom. The van der Waals surface area contributed by atoms with Gasteiger partial charge in [-0.2, -0.15) is 0 Å². The van der Waals surface area contributed by atoms with Crippen molar-refractivity contribution in [3.05, 3.63) is 71.1 Å². The lowest BCUT2D eigenvalue weighted by Gasteiger charge is -2.08. The van der Waals surface area contributed by atoms with E-state index in [0.29, 0.717) is 0 Å². The molecule has 0 aromatic heterocycles. The van der Waals surface area contributed by atoms with E-state index in [1.165, 1.54) is 29.5 Å². The van der Waals surface area contributed by atoms with Gasteiger partial charge in [0, 0.05) is 10.3 Å². The van der Waals surface area contributed by atoms with Crippen LogP contribution in [0.1, 0.15) is 43.7 Å². The Morgan fingerprint density at radius 2 is 1.68 bits per heavy atom. The van der Waals surface area contributed by atoms with Gasteiger partial charge >= 0.3 is 0 Å². The molecule has 22 heavy (non-hydrogen) atoms. The summed E-state index contributed by atoms with van der Waals surface area (Å²) in [7, 11) is -1.09. The van der Waals surface area contributed by atoms with Crippen molar-refractivity contribution < 1.29 is 4.21 Å². The minimum absolute atomic E-state index is 0.870. The lowest BCUT2D eigenvalue weighted by atomic mass is 10.0. The Kier molecular flexibility index (Phi) is 6.60. The van der Waals surface area contributed by atoms with Crippen molar-refractivity contribution in [2.24, 2.45) is 0 Å². The van der Waals surface area contributed by atoms with Gasteiger partial charge in [-0.25, -0.2) is 4.21 Å². The van der Waals surface area contributed by atoms with Crippen LogP contribution >= 0.6 is 0 Å². The summed E-state index contributed by atoms with van der Waals surface area (Å²) < 4.78 is 12.6. The predicted octanol–water partition coefficient (Wildman–Crippen LogP) is 5.72. The van der Waals surface area contributed by atoms with Crippen molar-refractivity contribution in [2.75, 3.05) is 0 Å². The van der Waals surface area contributed by atoms with Crippen molar-refractivity contribution in [1.82, 2.24) is 0 Å². The van der Waals surface area contributed by atoms with Gasteiger partial charge in [-0.15, -0.1) is 0 Å². The number of hydrogen-bond acceptors (Lipinski definition) is 1. The summed E-state index contributed by atoms with van der Waals surface area (Å²) in [6.07, 6.45) is 4.53. The van der Waals surface area contributed by atoms with Gasteiger partial charge in [-0.3, -0.25) is 0 Å². The van der Waals surface area contributed by atoms with Crippen LogP contribution in [0.2, 0.25) is 0 Å². The quantitative estimate of drug-likeness (QED) is 0.597. The van der Waals surface area contributed by atoms with Gasteiger partial charge in [0.15, 0.2) is 0 Å². The molecule has 2 aromatic carbocycles. The number of rotatable bonds is 7. The third-order valence-corrected chi connectivity index (χ3v) is 4.93. The summed E-state index contributed by atoms with van der Waals surface area (Å²) in [5.74, 6) is 0. The topological polar surface area (TPSA) is 17.1 Å². The van der Waals surface area contributed by atoms with Crippen LogP contribution in [0, 0.1) is 6.92 Å². The van der Waals surface area contributed by atoms with E-state index in [1.807, 2.05) is 54.8 Å². The lowest BCUT2D eigenvalue weighted by molar-refractivity contribution is 0.688. The molecule has 1 nitrogen and oxygen atoms in total. The highest BCUT2D eigenvalue weighted by Crippen LogP contribution is 2.23. The first-order chi connectivity index (χ1) is 10.7. The Morgan fingerprint density at radius 3 is 2.32 bits per heavy atom. The molecule has 0 amide bonds. The first-order valence-electron chi connectivity index (χ1n) is 7.94. The van der Waals surface area contributed by atoms with Crippen LogP contribution in [0.15, 0.2) is 64.9 Å². The third-order valence-electron chi connectivity index (χ3n) is 3.70. The van der Waals surface area contributed by atoms with Gasteiger partial charge in [-0.05, 0) is 43.0 Å². The minimum atomic E-state index is -1.09. The van der Waals surface area contributed by atoms with Gasteiger partial charge < -0.3 is 0 Å². The SMILES string of the molecule is CCCCC/C(=C\S(=O)c1ccc(C)cc1)c1ccccc1. The molecule has 1 unspecified atom stereocenters. The largest absolute Gasteiger partial charge is 0.250 e. The second-order valence-electron chi connectivity index (χ2n) is 5.58. The first kappa shape index (κ1) is 16.7. The minimum Gasteiger partial charge on any atom is -0.250 e. The number of hydrogen-bond donors (Lipinski definition) is 0. The highest BCUT2D eigenvalue weighted by atomic mass is 32.2. The highest BCUT2D eigenvalue weighted by Gasteiger charge is 2.06. The van der Waals surface area contributed by atoms with Gasteiger partial charge in [-0.1, -0.05) is 67.8 Å². The molecule has 0 heterocycles. The van der Waals surface area contributed by atoms with Crippen LogP contribution in [-0.4, -0.2) is 4.21 Å². The van der Waals surface area contributed by atoms with E-state index < -0.39 is 10.8 Å². The molecule has 0 N–H and O–H groups in total. The number of benzene rings is 2. The number of allylic oxidation sites excluding steroid dienone is 1. The van der Waals surface area contributed by atoms with Crippen LogP contribution in [-0.2, 0) is 10.8 Å². The van der Waals surface area contributed by atoms with Crippen molar-refractivity contribution in [3.8, 4) is 0 Å². The van der Waals surface area contributed by atoms with Gasteiger partial charge in [0.25, 0.3) is 0 Å². The number of unbranched alkanes of at least 4 members (excludes halogenated alkanes) is 2. The average Bonchev–Trinajstić information content (AvgIpc) is 2.55. The molecule has 0 saturated carbocycles. The molecule has 0 saturated heterocycles. The maximum atomic E-state index is 12.6. The molecule has 0 fully saturated rings. The van der Waals surface area contributed by atoms with E-state index >= 15 is 0 Å². The van der Waals surface area contributed by atoms with Crippen molar-refractivity contribution >= 4 is 16.4 Å². The zero-order valence-corrected chi connectivity index (χ0v) is 14.2. The maximum Gasteiger partial charge on any atom is 0.0778 e. The van der Waals surface area contributed by atoms with E-state index in [2.05, 4.69) is 19.1 Å². The molecule has 2 rings (SSSR count). The van der Waals surface area contributed by atoms with E-state index in [4.69, 9.17) is 0 Å². The third kappa shape index (κ3) is 4.96. The summed E-state index contributed by atoms with van der Waals surface area (Å²) >= 11 is 0. The van der Waals surface area contributed by atoms with E-state index in [-0.39, 0.29) is 0 Å². The summed E-state index contributed by atoms with van der Waals surface area (Å²) in [6, 6.07) is 18.2. The summed E-state index contributed by atoms with van der Waals surface area (Å²) in [4.78, 5) is 0.870. The molecule has 0 aliphatic rings. The zero-order valence-electron chi connectivity index (χ0n) is 13.4. The van der Waals surface area contributed by atoms with Gasteiger partial charge in [0.1, 0.15) is 0 Å².